The van der Waals surface area contributed by atoms with Crippen molar-refractivity contribution in [2.75, 3.05) is 30.4 Å². The normalized spacial score (nSPS) is 11.1. The van der Waals surface area contributed by atoms with Gasteiger partial charge in [-0.2, -0.15) is 0 Å². The molecule has 0 amide bonds. The van der Waals surface area contributed by atoms with E-state index in [9.17, 15) is 0 Å². The summed E-state index contributed by atoms with van der Waals surface area (Å²) in [4.78, 5) is 11.1. The number of nitrogens with one attached hydrogen (secondary N) is 1. The first-order valence-electron chi connectivity index (χ1n) is 6.43. The number of hydrogen-bond acceptors (Lipinski definition) is 5. The predicted molar refractivity (Wildman–Crippen MR) is 75.2 cm³/mol. The SMILES string of the molecule is CNc1cc(N(CCO)C(C)C)nc(C(C)C)n1. The minimum Gasteiger partial charge on any atom is -0.395 e. The Kier molecular flexibility index (Phi) is 5.34. The summed E-state index contributed by atoms with van der Waals surface area (Å²) in [6.45, 7) is 9.02. The number of anilines is 2. The number of hydrogen-bond donors (Lipinski definition) is 2. The second-order valence-corrected chi connectivity index (χ2v) is 4.89. The van der Waals surface area contributed by atoms with Crippen LogP contribution in [0.4, 0.5) is 11.6 Å². The second-order valence-electron chi connectivity index (χ2n) is 4.89. The zero-order chi connectivity index (χ0) is 13.7. The van der Waals surface area contributed by atoms with Crippen molar-refractivity contribution in [1.29, 1.82) is 0 Å². The maximum atomic E-state index is 9.15. The van der Waals surface area contributed by atoms with Gasteiger partial charge in [-0.3, -0.25) is 0 Å². The molecule has 0 unspecified atom stereocenters. The lowest BCUT2D eigenvalue weighted by molar-refractivity contribution is 0.298. The van der Waals surface area contributed by atoms with Crippen molar-refractivity contribution < 1.29 is 5.11 Å². The minimum absolute atomic E-state index is 0.119. The van der Waals surface area contributed by atoms with Crippen molar-refractivity contribution in [2.45, 2.75) is 39.7 Å². The first-order chi connectivity index (χ1) is 8.49. The number of aliphatic hydroxyl groups is 1. The molecule has 0 spiro atoms. The van der Waals surface area contributed by atoms with Crippen molar-refractivity contribution in [3.63, 3.8) is 0 Å². The molecule has 1 aromatic heterocycles. The average Bonchev–Trinajstić information content (AvgIpc) is 2.34. The standard InChI is InChI=1S/C13H24N4O/c1-9(2)13-15-11(14-5)8-12(16-13)17(6-7-18)10(3)4/h8-10,18H,6-7H2,1-5H3,(H,14,15,16). The highest BCUT2D eigenvalue weighted by molar-refractivity contribution is 5.50. The van der Waals surface area contributed by atoms with Crippen LogP contribution in [-0.2, 0) is 0 Å². The molecule has 0 atom stereocenters. The summed E-state index contributed by atoms with van der Waals surface area (Å²) in [6.07, 6.45) is 0. The van der Waals surface area contributed by atoms with Gasteiger partial charge in [0, 0.05) is 31.6 Å². The van der Waals surface area contributed by atoms with Crippen LogP contribution in [0, 0.1) is 0 Å². The number of rotatable bonds is 6. The first kappa shape index (κ1) is 14.7. The topological polar surface area (TPSA) is 61.3 Å². The van der Waals surface area contributed by atoms with Crippen LogP contribution in [0.15, 0.2) is 6.07 Å². The molecular formula is C13H24N4O. The molecule has 1 rings (SSSR count). The Labute approximate surface area is 109 Å². The molecule has 18 heavy (non-hydrogen) atoms. The number of aliphatic hydroxyl groups excluding tert-OH is 1. The van der Waals surface area contributed by atoms with Crippen LogP contribution in [0.5, 0.6) is 0 Å². The lowest BCUT2D eigenvalue weighted by Crippen LogP contribution is -2.34. The maximum absolute atomic E-state index is 9.15. The molecule has 1 heterocycles. The Morgan fingerprint density at radius 1 is 1.28 bits per heavy atom. The van der Waals surface area contributed by atoms with E-state index in [0.29, 0.717) is 6.54 Å². The summed E-state index contributed by atoms with van der Waals surface area (Å²) in [5.74, 6) is 2.77. The molecule has 0 bridgehead atoms. The van der Waals surface area contributed by atoms with E-state index in [4.69, 9.17) is 5.11 Å². The molecule has 0 fully saturated rings. The summed E-state index contributed by atoms with van der Waals surface area (Å²) >= 11 is 0. The van der Waals surface area contributed by atoms with Crippen molar-refractivity contribution in [1.82, 2.24) is 9.97 Å². The van der Waals surface area contributed by atoms with E-state index in [2.05, 4.69) is 47.9 Å². The first-order valence-corrected chi connectivity index (χ1v) is 6.43. The minimum atomic E-state index is 0.119. The summed E-state index contributed by atoms with van der Waals surface area (Å²) in [7, 11) is 1.85. The quantitative estimate of drug-likeness (QED) is 0.809. The molecular weight excluding hydrogens is 228 g/mol. The highest BCUT2D eigenvalue weighted by atomic mass is 16.3. The van der Waals surface area contributed by atoms with Crippen LogP contribution >= 0.6 is 0 Å². The Morgan fingerprint density at radius 2 is 1.94 bits per heavy atom. The van der Waals surface area contributed by atoms with Gasteiger partial charge in [0.25, 0.3) is 0 Å². The molecule has 0 aliphatic heterocycles. The van der Waals surface area contributed by atoms with Gasteiger partial charge in [0.1, 0.15) is 17.5 Å². The van der Waals surface area contributed by atoms with Gasteiger partial charge in [-0.25, -0.2) is 9.97 Å². The monoisotopic (exact) mass is 252 g/mol. The van der Waals surface area contributed by atoms with Crippen LogP contribution in [-0.4, -0.2) is 41.3 Å². The fourth-order valence-electron chi connectivity index (χ4n) is 1.73. The van der Waals surface area contributed by atoms with E-state index in [1.165, 1.54) is 0 Å². The van der Waals surface area contributed by atoms with Crippen LogP contribution < -0.4 is 10.2 Å². The van der Waals surface area contributed by atoms with Crippen LogP contribution in [0.1, 0.15) is 39.4 Å². The van der Waals surface area contributed by atoms with Crippen molar-refractivity contribution in [2.24, 2.45) is 0 Å². The average molecular weight is 252 g/mol. The van der Waals surface area contributed by atoms with Gasteiger partial charge in [-0.1, -0.05) is 13.8 Å². The van der Waals surface area contributed by atoms with Gasteiger partial charge in [0.2, 0.25) is 0 Å². The van der Waals surface area contributed by atoms with Crippen LogP contribution in [0.3, 0.4) is 0 Å². The Balaban J connectivity index is 3.15. The summed E-state index contributed by atoms with van der Waals surface area (Å²) in [5, 5.41) is 12.2. The van der Waals surface area contributed by atoms with Crippen molar-refractivity contribution in [3.8, 4) is 0 Å². The van der Waals surface area contributed by atoms with Crippen LogP contribution in [0.25, 0.3) is 0 Å². The molecule has 1 aromatic rings. The molecule has 0 aliphatic carbocycles. The smallest absolute Gasteiger partial charge is 0.135 e. The largest absolute Gasteiger partial charge is 0.395 e. The van der Waals surface area contributed by atoms with E-state index >= 15 is 0 Å². The molecule has 0 aromatic carbocycles. The Bertz CT molecular complexity index is 379. The maximum Gasteiger partial charge on any atom is 0.135 e. The zero-order valence-corrected chi connectivity index (χ0v) is 11.9. The Hall–Kier alpha value is -1.36. The fourth-order valence-corrected chi connectivity index (χ4v) is 1.73. The van der Waals surface area contributed by atoms with Gasteiger partial charge in [-0.05, 0) is 13.8 Å². The molecule has 0 saturated heterocycles. The highest BCUT2D eigenvalue weighted by Crippen LogP contribution is 2.21. The second kappa shape index (κ2) is 6.54. The predicted octanol–water partition coefficient (Wildman–Crippen LogP) is 1.85. The van der Waals surface area contributed by atoms with Crippen molar-refractivity contribution in [3.05, 3.63) is 11.9 Å². The fraction of sp³-hybridized carbons (Fsp3) is 0.692. The van der Waals surface area contributed by atoms with Crippen molar-refractivity contribution >= 4 is 11.6 Å². The van der Waals surface area contributed by atoms with E-state index in [-0.39, 0.29) is 18.6 Å². The zero-order valence-electron chi connectivity index (χ0n) is 11.9. The summed E-state index contributed by atoms with van der Waals surface area (Å²) < 4.78 is 0. The molecule has 0 aliphatic rings. The summed E-state index contributed by atoms with van der Waals surface area (Å²) in [6, 6.07) is 2.21. The highest BCUT2D eigenvalue weighted by Gasteiger charge is 2.15. The molecule has 102 valence electrons. The van der Waals surface area contributed by atoms with Gasteiger partial charge in [-0.15, -0.1) is 0 Å². The van der Waals surface area contributed by atoms with E-state index in [1.54, 1.807) is 0 Å². The Morgan fingerprint density at radius 3 is 2.39 bits per heavy atom. The van der Waals surface area contributed by atoms with Crippen LogP contribution in [0.2, 0.25) is 0 Å². The van der Waals surface area contributed by atoms with Gasteiger partial charge >= 0.3 is 0 Å². The number of aromatic nitrogens is 2. The van der Waals surface area contributed by atoms with E-state index in [0.717, 1.165) is 17.5 Å². The lowest BCUT2D eigenvalue weighted by atomic mass is 10.2. The van der Waals surface area contributed by atoms with E-state index in [1.807, 2.05) is 13.1 Å². The van der Waals surface area contributed by atoms with Gasteiger partial charge in [0.15, 0.2) is 0 Å². The third-order valence-corrected chi connectivity index (χ3v) is 2.76. The third-order valence-electron chi connectivity index (χ3n) is 2.76. The molecule has 2 N–H and O–H groups in total. The van der Waals surface area contributed by atoms with Gasteiger partial charge in [0.05, 0.1) is 6.61 Å². The summed E-state index contributed by atoms with van der Waals surface area (Å²) in [5.41, 5.74) is 0. The molecule has 5 heteroatoms. The molecule has 0 radical (unpaired) electrons. The van der Waals surface area contributed by atoms with Gasteiger partial charge < -0.3 is 15.3 Å². The molecule has 0 saturated carbocycles. The number of nitrogens with zero attached hydrogens (tertiary/aromatic N) is 3. The third kappa shape index (κ3) is 3.57. The lowest BCUT2D eigenvalue weighted by Gasteiger charge is -2.28. The molecule has 5 nitrogen and oxygen atoms in total. The van der Waals surface area contributed by atoms with E-state index < -0.39 is 0 Å².